The van der Waals surface area contributed by atoms with Crippen LogP contribution in [0.1, 0.15) is 30.8 Å². The van der Waals surface area contributed by atoms with E-state index in [9.17, 15) is 4.79 Å². The molecule has 0 fully saturated rings. The maximum absolute atomic E-state index is 12.1. The fraction of sp³-hybridized carbons (Fsp3) is 0.615. The Hall–Kier alpha value is -0.810. The van der Waals surface area contributed by atoms with E-state index in [4.69, 9.17) is 0 Å². The van der Waals surface area contributed by atoms with Gasteiger partial charge in [-0.15, -0.1) is 0 Å². The zero-order valence-electron chi connectivity index (χ0n) is 11.5. The number of hydrogen-bond acceptors (Lipinski definition) is 2. The van der Waals surface area contributed by atoms with E-state index in [2.05, 4.69) is 26.1 Å². The van der Waals surface area contributed by atoms with Gasteiger partial charge >= 0.3 is 0 Å². The standard InChI is InChI=1S/C13H22BrN3O/c1-5-17-9-11(14)8-12(17)13(18)15-10(2)6-7-16(3)4/h8-10H,5-7H2,1-4H3,(H,15,18). The van der Waals surface area contributed by atoms with Crippen molar-refractivity contribution in [1.82, 2.24) is 14.8 Å². The van der Waals surface area contributed by atoms with Crippen molar-refractivity contribution in [3.63, 3.8) is 0 Å². The predicted molar refractivity (Wildman–Crippen MR) is 77.9 cm³/mol. The first-order valence-electron chi connectivity index (χ1n) is 6.25. The van der Waals surface area contributed by atoms with E-state index in [1.54, 1.807) is 0 Å². The van der Waals surface area contributed by atoms with Crippen LogP contribution in [0.15, 0.2) is 16.7 Å². The van der Waals surface area contributed by atoms with Crippen LogP contribution in [0.5, 0.6) is 0 Å². The Morgan fingerprint density at radius 2 is 2.22 bits per heavy atom. The molecule has 18 heavy (non-hydrogen) atoms. The molecule has 1 atom stereocenters. The Morgan fingerprint density at radius 1 is 1.56 bits per heavy atom. The molecule has 0 aliphatic rings. The van der Waals surface area contributed by atoms with Crippen molar-refractivity contribution < 1.29 is 4.79 Å². The SMILES string of the molecule is CCn1cc(Br)cc1C(=O)NC(C)CCN(C)C. The van der Waals surface area contributed by atoms with Gasteiger partial charge in [0.2, 0.25) is 0 Å². The summed E-state index contributed by atoms with van der Waals surface area (Å²) in [6.45, 7) is 5.83. The van der Waals surface area contributed by atoms with Crippen molar-refractivity contribution >= 4 is 21.8 Å². The van der Waals surface area contributed by atoms with Crippen LogP contribution in [-0.2, 0) is 6.54 Å². The molecule has 1 aromatic rings. The van der Waals surface area contributed by atoms with E-state index in [0.29, 0.717) is 5.69 Å². The maximum atomic E-state index is 12.1. The first-order valence-corrected chi connectivity index (χ1v) is 7.04. The van der Waals surface area contributed by atoms with E-state index < -0.39 is 0 Å². The van der Waals surface area contributed by atoms with Crippen molar-refractivity contribution in [2.75, 3.05) is 20.6 Å². The highest BCUT2D eigenvalue weighted by Crippen LogP contribution is 2.15. The molecule has 0 radical (unpaired) electrons. The molecule has 0 saturated heterocycles. The fourth-order valence-corrected chi connectivity index (χ4v) is 2.21. The monoisotopic (exact) mass is 315 g/mol. The Morgan fingerprint density at radius 3 is 2.78 bits per heavy atom. The number of nitrogens with zero attached hydrogens (tertiary/aromatic N) is 2. The number of nitrogens with one attached hydrogen (secondary N) is 1. The Kier molecular flexibility index (Phi) is 5.88. The molecule has 1 amide bonds. The number of rotatable bonds is 6. The average molecular weight is 316 g/mol. The lowest BCUT2D eigenvalue weighted by molar-refractivity contribution is 0.0927. The highest BCUT2D eigenvalue weighted by molar-refractivity contribution is 9.10. The molecule has 1 aromatic heterocycles. The smallest absolute Gasteiger partial charge is 0.268 e. The van der Waals surface area contributed by atoms with Crippen LogP contribution in [0.4, 0.5) is 0 Å². The molecule has 0 saturated carbocycles. The van der Waals surface area contributed by atoms with Crippen LogP contribution < -0.4 is 5.32 Å². The van der Waals surface area contributed by atoms with Gasteiger partial charge < -0.3 is 14.8 Å². The molecule has 5 heteroatoms. The fourth-order valence-electron chi connectivity index (χ4n) is 1.75. The van der Waals surface area contributed by atoms with E-state index in [1.807, 2.05) is 44.8 Å². The number of aryl methyl sites for hydroxylation is 1. The van der Waals surface area contributed by atoms with Crippen molar-refractivity contribution in [2.24, 2.45) is 0 Å². The highest BCUT2D eigenvalue weighted by Gasteiger charge is 2.14. The van der Waals surface area contributed by atoms with Gasteiger partial charge in [-0.1, -0.05) is 0 Å². The van der Waals surface area contributed by atoms with Crippen molar-refractivity contribution in [3.8, 4) is 0 Å². The van der Waals surface area contributed by atoms with Gasteiger partial charge in [0, 0.05) is 23.3 Å². The largest absolute Gasteiger partial charge is 0.348 e. The van der Waals surface area contributed by atoms with Gasteiger partial charge in [0.1, 0.15) is 5.69 Å². The lowest BCUT2D eigenvalue weighted by Gasteiger charge is -2.17. The number of amides is 1. The summed E-state index contributed by atoms with van der Waals surface area (Å²) in [5.74, 6) is -0.00574. The Balaban J connectivity index is 2.59. The third kappa shape index (κ3) is 4.46. The van der Waals surface area contributed by atoms with Gasteiger partial charge in [-0.3, -0.25) is 4.79 Å². The number of hydrogen-bond donors (Lipinski definition) is 1. The zero-order chi connectivity index (χ0) is 13.7. The summed E-state index contributed by atoms with van der Waals surface area (Å²) in [5, 5.41) is 3.03. The Labute approximate surface area is 117 Å². The molecule has 102 valence electrons. The van der Waals surface area contributed by atoms with Gasteiger partial charge in [0.25, 0.3) is 5.91 Å². The van der Waals surface area contributed by atoms with Crippen LogP contribution in [-0.4, -0.2) is 42.1 Å². The molecule has 1 rings (SSSR count). The summed E-state index contributed by atoms with van der Waals surface area (Å²) >= 11 is 3.40. The average Bonchev–Trinajstić information content (AvgIpc) is 2.68. The lowest BCUT2D eigenvalue weighted by Crippen LogP contribution is -2.35. The zero-order valence-corrected chi connectivity index (χ0v) is 13.1. The quantitative estimate of drug-likeness (QED) is 0.875. The van der Waals surface area contributed by atoms with Gasteiger partial charge in [-0.05, 0) is 62.9 Å². The molecule has 1 N–H and O–H groups in total. The second-order valence-corrected chi connectivity index (χ2v) is 5.71. The summed E-state index contributed by atoms with van der Waals surface area (Å²) < 4.78 is 2.88. The molecule has 0 aliphatic carbocycles. The van der Waals surface area contributed by atoms with E-state index in [1.165, 1.54) is 0 Å². The summed E-state index contributed by atoms with van der Waals surface area (Å²) in [4.78, 5) is 14.2. The van der Waals surface area contributed by atoms with Crippen LogP contribution in [0.25, 0.3) is 0 Å². The molecule has 4 nitrogen and oxygen atoms in total. The molecule has 1 heterocycles. The maximum Gasteiger partial charge on any atom is 0.268 e. The molecule has 1 unspecified atom stereocenters. The lowest BCUT2D eigenvalue weighted by atomic mass is 10.2. The summed E-state index contributed by atoms with van der Waals surface area (Å²) in [7, 11) is 4.07. The number of carbonyl (C=O) groups is 1. The third-order valence-corrected chi connectivity index (χ3v) is 3.26. The van der Waals surface area contributed by atoms with Crippen LogP contribution in [0.3, 0.4) is 0 Å². The minimum absolute atomic E-state index is 0.00574. The van der Waals surface area contributed by atoms with Crippen molar-refractivity contribution in [1.29, 1.82) is 0 Å². The molecule has 0 bridgehead atoms. The molecular formula is C13H22BrN3O. The van der Waals surface area contributed by atoms with Crippen molar-refractivity contribution in [2.45, 2.75) is 32.9 Å². The van der Waals surface area contributed by atoms with Gasteiger partial charge in [-0.2, -0.15) is 0 Å². The minimum Gasteiger partial charge on any atom is -0.348 e. The van der Waals surface area contributed by atoms with Gasteiger partial charge in [0.15, 0.2) is 0 Å². The summed E-state index contributed by atoms with van der Waals surface area (Å²) in [5.41, 5.74) is 0.709. The highest BCUT2D eigenvalue weighted by atomic mass is 79.9. The minimum atomic E-state index is -0.00574. The number of halogens is 1. The third-order valence-electron chi connectivity index (χ3n) is 2.82. The number of carbonyl (C=O) groups excluding carboxylic acids is 1. The van der Waals surface area contributed by atoms with E-state index in [0.717, 1.165) is 24.0 Å². The molecular weight excluding hydrogens is 294 g/mol. The second kappa shape index (κ2) is 6.95. The Bertz CT molecular complexity index is 401. The topological polar surface area (TPSA) is 37.3 Å². The van der Waals surface area contributed by atoms with Crippen LogP contribution >= 0.6 is 15.9 Å². The van der Waals surface area contributed by atoms with E-state index >= 15 is 0 Å². The summed E-state index contributed by atoms with van der Waals surface area (Å²) in [6.07, 6.45) is 2.88. The molecule has 0 aliphatic heterocycles. The first-order chi connectivity index (χ1) is 8.43. The van der Waals surface area contributed by atoms with Gasteiger partial charge in [-0.25, -0.2) is 0 Å². The number of aromatic nitrogens is 1. The first kappa shape index (κ1) is 15.2. The van der Waals surface area contributed by atoms with Crippen LogP contribution in [0.2, 0.25) is 0 Å². The molecule has 0 aromatic carbocycles. The molecule has 0 spiro atoms. The van der Waals surface area contributed by atoms with E-state index in [-0.39, 0.29) is 11.9 Å². The van der Waals surface area contributed by atoms with Crippen molar-refractivity contribution in [3.05, 3.63) is 22.4 Å². The summed E-state index contributed by atoms with van der Waals surface area (Å²) in [6, 6.07) is 2.04. The van der Waals surface area contributed by atoms with Crippen LogP contribution in [0, 0.1) is 0 Å². The second-order valence-electron chi connectivity index (χ2n) is 4.80. The normalized spacial score (nSPS) is 12.8. The predicted octanol–water partition coefficient (Wildman–Crippen LogP) is 2.34. The van der Waals surface area contributed by atoms with Gasteiger partial charge in [0.05, 0.1) is 0 Å².